The maximum atomic E-state index is 12.0. The third-order valence-corrected chi connectivity index (χ3v) is 2.63. The number of phenols is 1. The van der Waals surface area contributed by atoms with Crippen molar-refractivity contribution < 1.29 is 14.3 Å². The van der Waals surface area contributed by atoms with Crippen LogP contribution in [0.3, 0.4) is 0 Å². The summed E-state index contributed by atoms with van der Waals surface area (Å²) in [7, 11) is 1.45. The number of aryl methyl sites for hydroxylation is 1. The maximum Gasteiger partial charge on any atom is 0.199 e. The van der Waals surface area contributed by atoms with Crippen molar-refractivity contribution in [2.45, 2.75) is 13.8 Å². The van der Waals surface area contributed by atoms with Gasteiger partial charge >= 0.3 is 0 Å². The zero-order chi connectivity index (χ0) is 11.9. The van der Waals surface area contributed by atoms with Gasteiger partial charge in [-0.05, 0) is 13.8 Å². The third kappa shape index (κ3) is 1.43. The summed E-state index contributed by atoms with van der Waals surface area (Å²) < 4.78 is 10.5. The third-order valence-electron chi connectivity index (χ3n) is 2.63. The van der Waals surface area contributed by atoms with E-state index in [-0.39, 0.29) is 11.2 Å². The van der Waals surface area contributed by atoms with Gasteiger partial charge < -0.3 is 14.3 Å². The van der Waals surface area contributed by atoms with Gasteiger partial charge in [0.15, 0.2) is 5.43 Å². The predicted octanol–water partition coefficient (Wildman–Crippen LogP) is 2.12. The Kier molecular flexibility index (Phi) is 2.34. The molecule has 0 spiro atoms. The molecule has 0 aliphatic carbocycles. The van der Waals surface area contributed by atoms with Crippen molar-refractivity contribution >= 4 is 11.0 Å². The van der Waals surface area contributed by atoms with E-state index >= 15 is 0 Å². The lowest BCUT2D eigenvalue weighted by atomic mass is 10.1. The molecule has 0 aliphatic heterocycles. The maximum absolute atomic E-state index is 12.0. The van der Waals surface area contributed by atoms with E-state index in [1.807, 2.05) is 0 Å². The molecule has 2 rings (SSSR count). The monoisotopic (exact) mass is 220 g/mol. The lowest BCUT2D eigenvalue weighted by Crippen LogP contribution is -2.08. The molecule has 0 saturated heterocycles. The molecule has 16 heavy (non-hydrogen) atoms. The van der Waals surface area contributed by atoms with Gasteiger partial charge in [-0.25, -0.2) is 0 Å². The SMILES string of the molecule is COc1cc(O)cc2oc(C)c(C)c(=O)c12. The van der Waals surface area contributed by atoms with Crippen LogP contribution in [0.5, 0.6) is 11.5 Å². The number of phenolic OH excluding ortho intramolecular Hbond substituents is 1. The molecule has 4 heteroatoms. The normalized spacial score (nSPS) is 10.7. The first-order valence-corrected chi connectivity index (χ1v) is 4.85. The first-order chi connectivity index (χ1) is 7.54. The summed E-state index contributed by atoms with van der Waals surface area (Å²) in [6, 6.07) is 2.81. The largest absolute Gasteiger partial charge is 0.508 e. The molecular weight excluding hydrogens is 208 g/mol. The molecule has 0 unspecified atom stereocenters. The molecular formula is C12H12O4. The van der Waals surface area contributed by atoms with E-state index in [4.69, 9.17) is 9.15 Å². The Hall–Kier alpha value is -1.97. The van der Waals surface area contributed by atoms with Crippen molar-refractivity contribution in [2.75, 3.05) is 7.11 Å². The van der Waals surface area contributed by atoms with E-state index in [0.717, 1.165) is 0 Å². The Labute approximate surface area is 92.1 Å². The van der Waals surface area contributed by atoms with Crippen LogP contribution in [-0.4, -0.2) is 12.2 Å². The van der Waals surface area contributed by atoms with Gasteiger partial charge in [-0.15, -0.1) is 0 Å². The molecule has 0 radical (unpaired) electrons. The van der Waals surface area contributed by atoms with Crippen LogP contribution >= 0.6 is 0 Å². The van der Waals surface area contributed by atoms with Gasteiger partial charge in [0.1, 0.15) is 28.2 Å². The minimum atomic E-state index is -0.129. The van der Waals surface area contributed by atoms with Crippen LogP contribution in [0.1, 0.15) is 11.3 Å². The van der Waals surface area contributed by atoms with E-state index < -0.39 is 0 Å². The van der Waals surface area contributed by atoms with Crippen LogP contribution in [0.25, 0.3) is 11.0 Å². The molecule has 0 fully saturated rings. The molecule has 1 heterocycles. The summed E-state index contributed by atoms with van der Waals surface area (Å²) in [5.74, 6) is 0.882. The molecule has 2 aromatic rings. The lowest BCUT2D eigenvalue weighted by Gasteiger charge is -2.07. The lowest BCUT2D eigenvalue weighted by molar-refractivity contribution is 0.410. The van der Waals surface area contributed by atoms with Crippen LogP contribution in [-0.2, 0) is 0 Å². The summed E-state index contributed by atoms with van der Waals surface area (Å²) in [5.41, 5.74) is 0.761. The number of ether oxygens (including phenoxy) is 1. The molecule has 0 bridgehead atoms. The summed E-state index contributed by atoms with van der Waals surface area (Å²) >= 11 is 0. The smallest absolute Gasteiger partial charge is 0.199 e. The van der Waals surface area contributed by atoms with Crippen molar-refractivity contribution in [3.63, 3.8) is 0 Å². The molecule has 1 N–H and O–H groups in total. The van der Waals surface area contributed by atoms with Crippen LogP contribution in [0.15, 0.2) is 21.3 Å². The average molecular weight is 220 g/mol. The molecule has 84 valence electrons. The van der Waals surface area contributed by atoms with E-state index in [9.17, 15) is 9.90 Å². The quantitative estimate of drug-likeness (QED) is 0.799. The Morgan fingerprint density at radius 1 is 1.31 bits per heavy atom. The Morgan fingerprint density at radius 2 is 2.00 bits per heavy atom. The van der Waals surface area contributed by atoms with Crippen LogP contribution in [0, 0.1) is 13.8 Å². The van der Waals surface area contributed by atoms with Crippen LogP contribution in [0.4, 0.5) is 0 Å². The fourth-order valence-corrected chi connectivity index (χ4v) is 1.63. The van der Waals surface area contributed by atoms with E-state index in [1.165, 1.54) is 19.2 Å². The van der Waals surface area contributed by atoms with Crippen molar-refractivity contribution in [2.24, 2.45) is 0 Å². The highest BCUT2D eigenvalue weighted by molar-refractivity contribution is 5.85. The molecule has 0 atom stereocenters. The number of aromatic hydroxyl groups is 1. The Balaban J connectivity index is 3.01. The van der Waals surface area contributed by atoms with Gasteiger partial charge in [-0.2, -0.15) is 0 Å². The molecule has 0 amide bonds. The molecule has 1 aromatic heterocycles. The highest BCUT2D eigenvalue weighted by atomic mass is 16.5. The van der Waals surface area contributed by atoms with E-state index in [0.29, 0.717) is 28.0 Å². The van der Waals surface area contributed by atoms with Gasteiger partial charge in [0, 0.05) is 17.7 Å². The second-order valence-electron chi connectivity index (χ2n) is 3.63. The van der Waals surface area contributed by atoms with Crippen LogP contribution < -0.4 is 10.2 Å². The van der Waals surface area contributed by atoms with Gasteiger partial charge in [0.25, 0.3) is 0 Å². The second kappa shape index (κ2) is 3.56. The van der Waals surface area contributed by atoms with Crippen molar-refractivity contribution in [3.05, 3.63) is 33.7 Å². The van der Waals surface area contributed by atoms with E-state index in [2.05, 4.69) is 0 Å². The number of methoxy groups -OCH3 is 1. The average Bonchev–Trinajstić information content (AvgIpc) is 2.24. The fourth-order valence-electron chi connectivity index (χ4n) is 1.63. The number of fused-ring (bicyclic) bond motifs is 1. The van der Waals surface area contributed by atoms with Crippen molar-refractivity contribution in [3.8, 4) is 11.5 Å². The summed E-state index contributed by atoms with van der Waals surface area (Å²) in [4.78, 5) is 12.0. The topological polar surface area (TPSA) is 59.7 Å². The predicted molar refractivity (Wildman–Crippen MR) is 60.2 cm³/mol. The summed E-state index contributed by atoms with van der Waals surface area (Å²) in [5, 5.41) is 9.82. The first kappa shape index (κ1) is 10.5. The standard InChI is InChI=1S/C12H12O4/c1-6-7(2)16-10-5-8(13)4-9(15-3)11(10)12(6)14/h4-5,13H,1-3H3. The molecule has 4 nitrogen and oxygen atoms in total. The second-order valence-corrected chi connectivity index (χ2v) is 3.63. The summed E-state index contributed by atoms with van der Waals surface area (Å²) in [6.45, 7) is 3.42. The van der Waals surface area contributed by atoms with Gasteiger partial charge in [0.2, 0.25) is 0 Å². The zero-order valence-corrected chi connectivity index (χ0v) is 9.33. The molecule has 0 saturated carbocycles. The number of hydrogen-bond donors (Lipinski definition) is 1. The van der Waals surface area contributed by atoms with Crippen LogP contribution in [0.2, 0.25) is 0 Å². The first-order valence-electron chi connectivity index (χ1n) is 4.85. The minimum absolute atomic E-state index is 0.00996. The number of rotatable bonds is 1. The van der Waals surface area contributed by atoms with Gasteiger partial charge in [-0.1, -0.05) is 0 Å². The number of hydrogen-bond acceptors (Lipinski definition) is 4. The zero-order valence-electron chi connectivity index (χ0n) is 9.33. The number of benzene rings is 1. The Morgan fingerprint density at radius 3 is 2.62 bits per heavy atom. The molecule has 0 aliphatic rings. The van der Waals surface area contributed by atoms with E-state index in [1.54, 1.807) is 13.8 Å². The fraction of sp³-hybridized carbons (Fsp3) is 0.250. The van der Waals surface area contributed by atoms with Gasteiger partial charge in [0.05, 0.1) is 7.11 Å². The highest BCUT2D eigenvalue weighted by Gasteiger charge is 2.13. The van der Waals surface area contributed by atoms with Gasteiger partial charge in [-0.3, -0.25) is 4.79 Å². The highest BCUT2D eigenvalue weighted by Crippen LogP contribution is 2.29. The summed E-state index contributed by atoms with van der Waals surface area (Å²) in [6.07, 6.45) is 0. The minimum Gasteiger partial charge on any atom is -0.508 e. The van der Waals surface area contributed by atoms with Crippen molar-refractivity contribution in [1.29, 1.82) is 0 Å². The molecule has 1 aromatic carbocycles. The Bertz CT molecular complexity index is 610. The van der Waals surface area contributed by atoms with Crippen molar-refractivity contribution in [1.82, 2.24) is 0 Å².